The minimum absolute atomic E-state index is 0.0282. The number of nitrogen functional groups attached to an aromatic ring is 1. The van der Waals surface area contributed by atoms with Gasteiger partial charge in [-0.05, 0) is 30.7 Å². The van der Waals surface area contributed by atoms with Crippen molar-refractivity contribution in [2.75, 3.05) is 16.4 Å². The van der Waals surface area contributed by atoms with Gasteiger partial charge in [-0.15, -0.1) is 11.3 Å². The molecule has 0 spiro atoms. The largest absolute Gasteiger partial charge is 0.382 e. The van der Waals surface area contributed by atoms with Gasteiger partial charge in [-0.1, -0.05) is 23.7 Å². The molecule has 4 N–H and O–H groups in total. The summed E-state index contributed by atoms with van der Waals surface area (Å²) in [6, 6.07) is 7.65. The van der Waals surface area contributed by atoms with Gasteiger partial charge < -0.3 is 16.4 Å². The monoisotopic (exact) mass is 496 g/mol. The van der Waals surface area contributed by atoms with E-state index in [9.17, 15) is 13.6 Å². The van der Waals surface area contributed by atoms with Gasteiger partial charge in [0.05, 0.1) is 27.2 Å². The standard InChI is InChI=1S/C23H15ClF2N6OS/c1-10-2-3-12-11(6-7-28-22(12)31-15-5-4-14(25)16(24)17(15)26)18(10)32-23(33)13-8-34-20-19(13)29-9-30-21(20)27/h2-9H,1H3,(H,28,31)(H,32,33)(H2,27,29,30). The lowest BCUT2D eigenvalue weighted by Crippen LogP contribution is -2.13. The smallest absolute Gasteiger partial charge is 0.258 e. The van der Waals surface area contributed by atoms with E-state index in [1.54, 1.807) is 17.5 Å². The fourth-order valence-electron chi connectivity index (χ4n) is 3.59. The van der Waals surface area contributed by atoms with Crippen molar-refractivity contribution in [1.82, 2.24) is 15.0 Å². The molecule has 3 aromatic heterocycles. The van der Waals surface area contributed by atoms with Crippen molar-refractivity contribution in [3.05, 3.63) is 76.0 Å². The molecule has 0 fully saturated rings. The molecule has 34 heavy (non-hydrogen) atoms. The maximum atomic E-state index is 14.4. The number of carbonyl (C=O) groups excluding carboxylic acids is 1. The van der Waals surface area contributed by atoms with Gasteiger partial charge in [-0.2, -0.15) is 0 Å². The first-order chi connectivity index (χ1) is 16.3. The zero-order valence-electron chi connectivity index (χ0n) is 17.5. The van der Waals surface area contributed by atoms with E-state index in [4.69, 9.17) is 17.3 Å². The second kappa shape index (κ2) is 8.47. The Labute approximate surface area is 200 Å². The zero-order chi connectivity index (χ0) is 24.0. The maximum absolute atomic E-state index is 14.4. The van der Waals surface area contributed by atoms with Crippen LogP contribution in [-0.2, 0) is 0 Å². The Morgan fingerprint density at radius 1 is 1.09 bits per heavy atom. The molecule has 5 aromatic rings. The van der Waals surface area contributed by atoms with Crippen LogP contribution in [0.3, 0.4) is 0 Å². The predicted molar refractivity (Wildman–Crippen MR) is 131 cm³/mol. The van der Waals surface area contributed by atoms with Crippen molar-refractivity contribution in [2.45, 2.75) is 6.92 Å². The van der Waals surface area contributed by atoms with Crippen LogP contribution in [0.1, 0.15) is 15.9 Å². The highest BCUT2D eigenvalue weighted by Gasteiger charge is 2.19. The molecule has 3 heterocycles. The molecule has 0 saturated carbocycles. The molecule has 7 nitrogen and oxygen atoms in total. The fourth-order valence-corrected chi connectivity index (χ4v) is 4.66. The van der Waals surface area contributed by atoms with Gasteiger partial charge in [0.25, 0.3) is 5.91 Å². The van der Waals surface area contributed by atoms with E-state index in [-0.39, 0.29) is 11.6 Å². The number of pyridine rings is 1. The number of nitrogens with zero attached hydrogens (tertiary/aromatic N) is 3. The Bertz CT molecular complexity index is 1610. The summed E-state index contributed by atoms with van der Waals surface area (Å²) in [6.45, 7) is 1.86. The summed E-state index contributed by atoms with van der Waals surface area (Å²) < 4.78 is 28.6. The summed E-state index contributed by atoms with van der Waals surface area (Å²) in [5, 5.41) is 8.18. The lowest BCUT2D eigenvalue weighted by molar-refractivity contribution is 0.102. The number of nitrogens with one attached hydrogen (secondary N) is 2. The molecule has 0 aliphatic heterocycles. The Morgan fingerprint density at radius 2 is 1.91 bits per heavy atom. The molecule has 1 amide bonds. The third-order valence-electron chi connectivity index (χ3n) is 5.31. The molecule has 11 heteroatoms. The first kappa shape index (κ1) is 21.9. The molecular weight excluding hydrogens is 482 g/mol. The molecule has 0 aliphatic carbocycles. The van der Waals surface area contributed by atoms with Crippen molar-refractivity contribution >= 4 is 72.8 Å². The second-order valence-electron chi connectivity index (χ2n) is 7.40. The number of carbonyl (C=O) groups is 1. The van der Waals surface area contributed by atoms with E-state index in [0.717, 1.165) is 11.6 Å². The number of fused-ring (bicyclic) bond motifs is 2. The number of nitrogens with two attached hydrogens (primary N) is 1. The third-order valence-corrected chi connectivity index (χ3v) is 6.64. The maximum Gasteiger partial charge on any atom is 0.258 e. The molecule has 0 saturated heterocycles. The van der Waals surface area contributed by atoms with E-state index in [1.165, 1.54) is 29.9 Å². The molecule has 0 bridgehead atoms. The zero-order valence-corrected chi connectivity index (χ0v) is 19.1. The molecule has 5 rings (SSSR count). The first-order valence-electron chi connectivity index (χ1n) is 9.93. The number of hydrogen-bond donors (Lipinski definition) is 3. The average molecular weight is 497 g/mol. The molecule has 2 aromatic carbocycles. The van der Waals surface area contributed by atoms with Crippen molar-refractivity contribution in [3.63, 3.8) is 0 Å². The number of anilines is 4. The molecule has 0 atom stereocenters. The van der Waals surface area contributed by atoms with E-state index < -0.39 is 16.7 Å². The Hall–Kier alpha value is -3.89. The number of aromatic nitrogens is 3. The van der Waals surface area contributed by atoms with Crippen LogP contribution in [0, 0.1) is 18.6 Å². The Kier molecular flexibility index (Phi) is 5.46. The minimum Gasteiger partial charge on any atom is -0.382 e. The van der Waals surface area contributed by atoms with Crippen LogP contribution < -0.4 is 16.4 Å². The van der Waals surface area contributed by atoms with Crippen molar-refractivity contribution < 1.29 is 13.6 Å². The van der Waals surface area contributed by atoms with E-state index in [1.807, 2.05) is 13.0 Å². The van der Waals surface area contributed by atoms with Gasteiger partial charge in [0.2, 0.25) is 0 Å². The first-order valence-corrected chi connectivity index (χ1v) is 11.2. The van der Waals surface area contributed by atoms with Crippen LogP contribution in [0.5, 0.6) is 0 Å². The van der Waals surface area contributed by atoms with Gasteiger partial charge in [0.15, 0.2) is 5.82 Å². The van der Waals surface area contributed by atoms with Crippen LogP contribution in [-0.4, -0.2) is 20.9 Å². The highest BCUT2D eigenvalue weighted by atomic mass is 35.5. The minimum atomic E-state index is -0.924. The van der Waals surface area contributed by atoms with Gasteiger partial charge in [-0.3, -0.25) is 4.79 Å². The van der Waals surface area contributed by atoms with E-state index in [0.29, 0.717) is 43.9 Å². The van der Waals surface area contributed by atoms with E-state index in [2.05, 4.69) is 25.6 Å². The van der Waals surface area contributed by atoms with Gasteiger partial charge in [-0.25, -0.2) is 23.7 Å². The summed E-state index contributed by atoms with van der Waals surface area (Å²) in [4.78, 5) is 25.6. The van der Waals surface area contributed by atoms with Crippen molar-refractivity contribution in [3.8, 4) is 0 Å². The topological polar surface area (TPSA) is 106 Å². The van der Waals surface area contributed by atoms with Crippen LogP contribution >= 0.6 is 22.9 Å². The van der Waals surface area contributed by atoms with Crippen LogP contribution in [0.4, 0.5) is 31.8 Å². The van der Waals surface area contributed by atoms with E-state index >= 15 is 0 Å². The van der Waals surface area contributed by atoms with Crippen LogP contribution in [0.25, 0.3) is 21.0 Å². The van der Waals surface area contributed by atoms with Gasteiger partial charge >= 0.3 is 0 Å². The summed E-state index contributed by atoms with van der Waals surface area (Å²) in [5.41, 5.74) is 8.08. The molecule has 0 aliphatic rings. The lowest BCUT2D eigenvalue weighted by Gasteiger charge is -2.15. The quantitative estimate of drug-likeness (QED) is 0.261. The number of amides is 1. The number of hydrogen-bond acceptors (Lipinski definition) is 7. The summed E-state index contributed by atoms with van der Waals surface area (Å²) in [7, 11) is 0. The Morgan fingerprint density at radius 3 is 2.74 bits per heavy atom. The fraction of sp³-hybridized carbons (Fsp3) is 0.0435. The number of benzene rings is 2. The highest BCUT2D eigenvalue weighted by Crippen LogP contribution is 2.35. The van der Waals surface area contributed by atoms with Crippen LogP contribution in [0.2, 0.25) is 5.02 Å². The Balaban J connectivity index is 1.55. The second-order valence-corrected chi connectivity index (χ2v) is 8.66. The third kappa shape index (κ3) is 3.66. The number of thiophene rings is 1. The number of halogens is 3. The SMILES string of the molecule is Cc1ccc2c(Nc3ccc(F)c(Cl)c3F)nccc2c1NC(=O)c1csc2c(N)ncnc12. The molecule has 170 valence electrons. The van der Waals surface area contributed by atoms with Gasteiger partial charge in [0, 0.05) is 22.3 Å². The summed E-state index contributed by atoms with van der Waals surface area (Å²) >= 11 is 6.99. The highest BCUT2D eigenvalue weighted by molar-refractivity contribution is 7.18. The van der Waals surface area contributed by atoms with Crippen molar-refractivity contribution in [1.29, 1.82) is 0 Å². The number of aryl methyl sites for hydroxylation is 1. The van der Waals surface area contributed by atoms with Gasteiger partial charge in [0.1, 0.15) is 28.8 Å². The summed E-state index contributed by atoms with van der Waals surface area (Å²) in [5.74, 6) is -1.51. The molecular formula is C23H15ClF2N6OS. The normalized spacial score (nSPS) is 11.2. The molecule has 0 unspecified atom stereocenters. The average Bonchev–Trinajstić information content (AvgIpc) is 3.27. The summed E-state index contributed by atoms with van der Waals surface area (Å²) in [6.07, 6.45) is 2.84. The predicted octanol–water partition coefficient (Wildman–Crippen LogP) is 6.06. The van der Waals surface area contributed by atoms with Crippen LogP contribution in [0.15, 0.2) is 48.2 Å². The lowest BCUT2D eigenvalue weighted by atomic mass is 10.0. The number of rotatable bonds is 4. The molecule has 0 radical (unpaired) electrons. The van der Waals surface area contributed by atoms with Crippen molar-refractivity contribution in [2.24, 2.45) is 0 Å².